The van der Waals surface area contributed by atoms with Crippen LogP contribution in [0.15, 0.2) is 0 Å². The molecular weight excluding hydrogens is 222 g/mol. The van der Waals surface area contributed by atoms with Crippen molar-refractivity contribution in [2.24, 2.45) is 17.3 Å². The van der Waals surface area contributed by atoms with Gasteiger partial charge in [0.2, 0.25) is 0 Å². The summed E-state index contributed by atoms with van der Waals surface area (Å²) in [6.07, 6.45) is 7.08. The van der Waals surface area contributed by atoms with E-state index in [4.69, 9.17) is 4.74 Å². The van der Waals surface area contributed by atoms with Gasteiger partial charge in [0, 0.05) is 19.7 Å². The largest absolute Gasteiger partial charge is 0.380 e. The molecule has 0 atom stereocenters. The third kappa shape index (κ3) is 6.19. The molecule has 2 nitrogen and oxygen atoms in total. The van der Waals surface area contributed by atoms with Crippen molar-refractivity contribution in [2.45, 2.75) is 59.8 Å². The summed E-state index contributed by atoms with van der Waals surface area (Å²) < 4.78 is 5.61. The topological polar surface area (TPSA) is 21.3 Å². The van der Waals surface area contributed by atoms with Crippen LogP contribution in [0.1, 0.15) is 59.8 Å². The first-order valence-electron chi connectivity index (χ1n) is 7.82. The van der Waals surface area contributed by atoms with Crippen LogP contribution in [0.25, 0.3) is 0 Å². The lowest BCUT2D eigenvalue weighted by molar-refractivity contribution is 0.108. The summed E-state index contributed by atoms with van der Waals surface area (Å²) in [6, 6.07) is 0. The average Bonchev–Trinajstić information content (AvgIpc) is 2.70. The van der Waals surface area contributed by atoms with Crippen LogP contribution in [-0.2, 0) is 4.74 Å². The Morgan fingerprint density at radius 2 is 1.72 bits per heavy atom. The summed E-state index contributed by atoms with van der Waals surface area (Å²) in [7, 11) is 0. The van der Waals surface area contributed by atoms with E-state index in [0.29, 0.717) is 11.3 Å². The molecule has 0 unspecified atom stereocenters. The summed E-state index contributed by atoms with van der Waals surface area (Å²) in [5.74, 6) is 1.47. The lowest BCUT2D eigenvalue weighted by Gasteiger charge is -2.31. The first-order chi connectivity index (χ1) is 8.54. The van der Waals surface area contributed by atoms with E-state index >= 15 is 0 Å². The second kappa shape index (κ2) is 8.16. The molecule has 0 bridgehead atoms. The van der Waals surface area contributed by atoms with Gasteiger partial charge in [0.25, 0.3) is 0 Å². The molecule has 1 aliphatic carbocycles. The monoisotopic (exact) mass is 255 g/mol. The summed E-state index contributed by atoms with van der Waals surface area (Å²) in [5.41, 5.74) is 0.589. The fraction of sp³-hybridized carbons (Fsp3) is 1.00. The Morgan fingerprint density at radius 3 is 2.28 bits per heavy atom. The molecule has 0 aromatic rings. The summed E-state index contributed by atoms with van der Waals surface area (Å²) in [6.45, 7) is 13.0. The quantitative estimate of drug-likeness (QED) is 0.632. The Kier molecular flexibility index (Phi) is 7.25. The Balaban J connectivity index is 2.14. The lowest BCUT2D eigenvalue weighted by atomic mass is 9.78. The number of nitrogens with one attached hydrogen (secondary N) is 1. The van der Waals surface area contributed by atoms with Crippen molar-refractivity contribution < 1.29 is 4.74 Å². The summed E-state index contributed by atoms with van der Waals surface area (Å²) in [4.78, 5) is 0. The van der Waals surface area contributed by atoms with Crippen LogP contribution < -0.4 is 5.32 Å². The van der Waals surface area contributed by atoms with Crippen LogP contribution in [0.4, 0.5) is 0 Å². The minimum atomic E-state index is 0.589. The number of rotatable bonds is 9. The number of hydrogen-bond acceptors (Lipinski definition) is 2. The van der Waals surface area contributed by atoms with Gasteiger partial charge < -0.3 is 10.1 Å². The third-order valence-electron chi connectivity index (χ3n) is 3.88. The summed E-state index contributed by atoms with van der Waals surface area (Å²) in [5, 5.41) is 3.62. The molecule has 108 valence electrons. The zero-order valence-corrected chi connectivity index (χ0v) is 12.9. The fourth-order valence-electron chi connectivity index (χ4n) is 3.26. The van der Waals surface area contributed by atoms with E-state index in [1.165, 1.54) is 38.6 Å². The number of hydrogen-bond donors (Lipinski definition) is 1. The van der Waals surface area contributed by atoms with Gasteiger partial charge in [-0.05, 0) is 36.5 Å². The van der Waals surface area contributed by atoms with Crippen molar-refractivity contribution in [1.29, 1.82) is 0 Å². The van der Waals surface area contributed by atoms with Crippen molar-refractivity contribution >= 4 is 0 Å². The van der Waals surface area contributed by atoms with Gasteiger partial charge in [0.15, 0.2) is 0 Å². The number of ether oxygens (including phenoxy) is 1. The van der Waals surface area contributed by atoms with Crippen LogP contribution in [-0.4, -0.2) is 26.3 Å². The van der Waals surface area contributed by atoms with Crippen LogP contribution in [0.3, 0.4) is 0 Å². The molecule has 1 saturated carbocycles. The average molecular weight is 255 g/mol. The minimum absolute atomic E-state index is 0.589. The van der Waals surface area contributed by atoms with Gasteiger partial charge in [-0.25, -0.2) is 0 Å². The van der Waals surface area contributed by atoms with E-state index in [-0.39, 0.29) is 0 Å². The van der Waals surface area contributed by atoms with E-state index in [1.807, 2.05) is 0 Å². The zero-order valence-electron chi connectivity index (χ0n) is 12.9. The van der Waals surface area contributed by atoms with Gasteiger partial charge in [0.1, 0.15) is 0 Å². The first kappa shape index (κ1) is 16.0. The summed E-state index contributed by atoms with van der Waals surface area (Å²) >= 11 is 0. The standard InChI is InChI=1S/C16H33NO/c1-14(2)11-16(7-5-6-8-16)13-17-9-10-18-12-15(3)4/h14-15,17H,5-13H2,1-4H3. The highest BCUT2D eigenvalue weighted by molar-refractivity contribution is 4.87. The van der Waals surface area contributed by atoms with Gasteiger partial charge in [-0.15, -0.1) is 0 Å². The molecule has 0 amide bonds. The van der Waals surface area contributed by atoms with Crippen LogP contribution in [0.2, 0.25) is 0 Å². The van der Waals surface area contributed by atoms with Gasteiger partial charge in [0.05, 0.1) is 6.61 Å². The highest BCUT2D eigenvalue weighted by atomic mass is 16.5. The van der Waals surface area contributed by atoms with Gasteiger partial charge in [-0.1, -0.05) is 40.5 Å². The van der Waals surface area contributed by atoms with Crippen molar-refractivity contribution in [3.8, 4) is 0 Å². The van der Waals surface area contributed by atoms with Crippen molar-refractivity contribution in [3.05, 3.63) is 0 Å². The normalized spacial score (nSPS) is 19.0. The SMILES string of the molecule is CC(C)COCCNCC1(CC(C)C)CCCC1. The van der Waals surface area contributed by atoms with Crippen molar-refractivity contribution in [3.63, 3.8) is 0 Å². The smallest absolute Gasteiger partial charge is 0.0591 e. The molecule has 1 fully saturated rings. The minimum Gasteiger partial charge on any atom is -0.380 e. The van der Waals surface area contributed by atoms with Gasteiger partial charge >= 0.3 is 0 Å². The molecule has 0 aromatic heterocycles. The Labute approximate surface area is 114 Å². The highest BCUT2D eigenvalue weighted by Gasteiger charge is 2.33. The molecular formula is C16H33NO. The second-order valence-corrected chi connectivity index (χ2v) is 6.95. The van der Waals surface area contributed by atoms with Crippen molar-refractivity contribution in [1.82, 2.24) is 5.32 Å². The molecule has 0 aromatic carbocycles. The first-order valence-corrected chi connectivity index (χ1v) is 7.82. The second-order valence-electron chi connectivity index (χ2n) is 6.95. The molecule has 18 heavy (non-hydrogen) atoms. The molecule has 1 rings (SSSR count). The fourth-order valence-corrected chi connectivity index (χ4v) is 3.26. The molecule has 0 aliphatic heterocycles. The maximum absolute atomic E-state index is 5.61. The predicted molar refractivity (Wildman–Crippen MR) is 78.9 cm³/mol. The molecule has 2 heteroatoms. The Morgan fingerprint density at radius 1 is 1.06 bits per heavy atom. The van der Waals surface area contributed by atoms with E-state index in [2.05, 4.69) is 33.0 Å². The van der Waals surface area contributed by atoms with Crippen molar-refractivity contribution in [2.75, 3.05) is 26.3 Å². The molecule has 0 radical (unpaired) electrons. The lowest BCUT2D eigenvalue weighted by Crippen LogP contribution is -2.35. The zero-order chi connectivity index (χ0) is 13.4. The molecule has 1 aliphatic rings. The van der Waals surface area contributed by atoms with Gasteiger partial charge in [-0.3, -0.25) is 0 Å². The van der Waals surface area contributed by atoms with E-state index in [0.717, 1.165) is 25.7 Å². The Bertz CT molecular complexity index is 207. The third-order valence-corrected chi connectivity index (χ3v) is 3.88. The Hall–Kier alpha value is -0.0800. The highest BCUT2D eigenvalue weighted by Crippen LogP contribution is 2.42. The molecule has 0 spiro atoms. The molecule has 0 heterocycles. The van der Waals surface area contributed by atoms with Crippen LogP contribution in [0.5, 0.6) is 0 Å². The molecule has 1 N–H and O–H groups in total. The van der Waals surface area contributed by atoms with Crippen LogP contribution >= 0.6 is 0 Å². The van der Waals surface area contributed by atoms with E-state index in [9.17, 15) is 0 Å². The van der Waals surface area contributed by atoms with Crippen LogP contribution in [0, 0.1) is 17.3 Å². The predicted octanol–water partition coefficient (Wildman–Crippen LogP) is 3.86. The maximum Gasteiger partial charge on any atom is 0.0591 e. The van der Waals surface area contributed by atoms with Gasteiger partial charge in [-0.2, -0.15) is 0 Å². The molecule has 0 saturated heterocycles. The maximum atomic E-state index is 5.61. The van der Waals surface area contributed by atoms with E-state index in [1.54, 1.807) is 0 Å². The van der Waals surface area contributed by atoms with E-state index < -0.39 is 0 Å².